The Hall–Kier alpha value is -2.24. The number of ether oxygens (including phenoxy) is 2. The van der Waals surface area contributed by atoms with E-state index in [1.165, 1.54) is 20.3 Å². The van der Waals surface area contributed by atoms with E-state index in [1.54, 1.807) is 19.1 Å². The van der Waals surface area contributed by atoms with Gasteiger partial charge in [-0.2, -0.15) is 0 Å². The minimum Gasteiger partial charge on any atom is -0.494 e. The van der Waals surface area contributed by atoms with E-state index < -0.39 is 11.9 Å². The Bertz CT molecular complexity index is 444. The number of carbonyl (C=O) groups excluding carboxylic acids is 2. The molecule has 0 bridgehead atoms. The predicted molar refractivity (Wildman–Crippen MR) is 64.3 cm³/mol. The Labute approximate surface area is 105 Å². The maximum absolute atomic E-state index is 11.4. The van der Waals surface area contributed by atoms with Gasteiger partial charge in [-0.15, -0.1) is 0 Å². The van der Waals surface area contributed by atoms with Crippen molar-refractivity contribution in [2.45, 2.75) is 13.3 Å². The summed E-state index contributed by atoms with van der Waals surface area (Å²) in [6.45, 7) is 1.67. The molecule has 18 heavy (non-hydrogen) atoms. The van der Waals surface area contributed by atoms with E-state index in [2.05, 4.69) is 10.2 Å². The van der Waals surface area contributed by atoms with E-state index in [4.69, 9.17) is 9.57 Å². The summed E-state index contributed by atoms with van der Waals surface area (Å²) in [4.78, 5) is 27.2. The van der Waals surface area contributed by atoms with Crippen LogP contribution >= 0.6 is 0 Å². The molecule has 1 N–H and O–H groups in total. The third-order valence-electron chi connectivity index (χ3n) is 2.18. The first-order valence-corrected chi connectivity index (χ1v) is 5.34. The zero-order valence-corrected chi connectivity index (χ0v) is 10.5. The number of nitrogens with one attached hydrogen (secondary N) is 1. The lowest BCUT2D eigenvalue weighted by Crippen LogP contribution is -2.10. The van der Waals surface area contributed by atoms with Gasteiger partial charge in [0.05, 0.1) is 19.8 Å². The lowest BCUT2D eigenvalue weighted by molar-refractivity contribution is -0.140. The second-order valence-corrected chi connectivity index (χ2v) is 3.34. The quantitative estimate of drug-likeness (QED) is 0.636. The number of carbonyl (C=O) groups is 2. The van der Waals surface area contributed by atoms with Crippen molar-refractivity contribution < 1.29 is 23.9 Å². The maximum Gasteiger partial charge on any atom is 0.337 e. The van der Waals surface area contributed by atoms with Crippen molar-refractivity contribution in [1.29, 1.82) is 0 Å². The average Bonchev–Trinajstić information content (AvgIpc) is 2.43. The molecule has 1 aromatic rings. The number of anilines is 1. The molecule has 0 amide bonds. The van der Waals surface area contributed by atoms with Gasteiger partial charge in [0.15, 0.2) is 0 Å². The van der Waals surface area contributed by atoms with E-state index in [9.17, 15) is 9.59 Å². The monoisotopic (exact) mass is 253 g/mol. The second kappa shape index (κ2) is 6.48. The molecule has 0 aliphatic carbocycles. The Kier molecular flexibility index (Phi) is 4.98. The van der Waals surface area contributed by atoms with Crippen LogP contribution in [0.3, 0.4) is 0 Å². The normalized spacial score (nSPS) is 9.50. The fourth-order valence-electron chi connectivity index (χ4n) is 1.22. The Morgan fingerprint density at radius 1 is 1.28 bits per heavy atom. The highest BCUT2D eigenvalue weighted by molar-refractivity contribution is 5.91. The zero-order valence-electron chi connectivity index (χ0n) is 10.5. The van der Waals surface area contributed by atoms with Crippen LogP contribution in [0.5, 0.6) is 5.75 Å². The number of rotatable bonds is 5. The maximum atomic E-state index is 11.4. The van der Waals surface area contributed by atoms with Crippen LogP contribution in [-0.2, 0) is 14.4 Å². The molecule has 98 valence electrons. The van der Waals surface area contributed by atoms with Crippen LogP contribution < -0.4 is 10.2 Å². The van der Waals surface area contributed by atoms with E-state index >= 15 is 0 Å². The van der Waals surface area contributed by atoms with Gasteiger partial charge in [-0.05, 0) is 18.2 Å². The number of hydrogen-bond donors (Lipinski definition) is 1. The molecule has 0 atom stereocenters. The number of benzene rings is 1. The summed E-state index contributed by atoms with van der Waals surface area (Å²) in [5.41, 5.74) is 3.16. The SMILES string of the molecule is CCC(=O)ONc1cc(C(=O)OC)ccc1OC. The third kappa shape index (κ3) is 3.38. The first kappa shape index (κ1) is 13.8. The molecule has 0 unspecified atom stereocenters. The van der Waals surface area contributed by atoms with Crippen LogP contribution in [0.15, 0.2) is 18.2 Å². The minimum atomic E-state index is -0.484. The van der Waals surface area contributed by atoms with Gasteiger partial charge < -0.3 is 14.3 Å². The molecule has 0 aliphatic rings. The molecule has 6 nitrogen and oxygen atoms in total. The molecule has 0 aromatic heterocycles. The molecule has 6 heteroatoms. The first-order valence-electron chi connectivity index (χ1n) is 5.34. The van der Waals surface area contributed by atoms with Crippen molar-refractivity contribution in [1.82, 2.24) is 0 Å². The van der Waals surface area contributed by atoms with Gasteiger partial charge in [0.1, 0.15) is 11.4 Å². The summed E-state index contributed by atoms with van der Waals surface area (Å²) in [5.74, 6) is -0.449. The smallest absolute Gasteiger partial charge is 0.337 e. The van der Waals surface area contributed by atoms with E-state index in [-0.39, 0.29) is 6.42 Å². The summed E-state index contributed by atoms with van der Waals surface area (Å²) in [6.07, 6.45) is 0.242. The van der Waals surface area contributed by atoms with Gasteiger partial charge >= 0.3 is 11.9 Å². The Morgan fingerprint density at radius 3 is 2.56 bits per heavy atom. The van der Waals surface area contributed by atoms with Gasteiger partial charge in [-0.25, -0.2) is 15.1 Å². The summed E-state index contributed by atoms with van der Waals surface area (Å²) >= 11 is 0. The van der Waals surface area contributed by atoms with Crippen molar-refractivity contribution >= 4 is 17.6 Å². The number of esters is 1. The third-order valence-corrected chi connectivity index (χ3v) is 2.18. The largest absolute Gasteiger partial charge is 0.494 e. The second-order valence-electron chi connectivity index (χ2n) is 3.34. The molecular weight excluding hydrogens is 238 g/mol. The van der Waals surface area contributed by atoms with Crippen molar-refractivity contribution in [3.05, 3.63) is 23.8 Å². The molecule has 0 radical (unpaired) electrons. The van der Waals surface area contributed by atoms with Crippen LogP contribution in [0.1, 0.15) is 23.7 Å². The van der Waals surface area contributed by atoms with Crippen LogP contribution in [0.2, 0.25) is 0 Å². The highest BCUT2D eigenvalue weighted by Crippen LogP contribution is 2.25. The molecule has 0 fully saturated rings. The number of hydrogen-bond acceptors (Lipinski definition) is 6. The lowest BCUT2D eigenvalue weighted by atomic mass is 10.2. The summed E-state index contributed by atoms with van der Waals surface area (Å²) in [7, 11) is 2.76. The molecule has 1 aromatic carbocycles. The Morgan fingerprint density at radius 2 is 2.00 bits per heavy atom. The van der Waals surface area contributed by atoms with Crippen LogP contribution in [0.25, 0.3) is 0 Å². The number of methoxy groups -OCH3 is 2. The van der Waals surface area contributed by atoms with E-state index in [0.717, 1.165) is 0 Å². The van der Waals surface area contributed by atoms with Gasteiger partial charge in [0.25, 0.3) is 0 Å². The summed E-state index contributed by atoms with van der Waals surface area (Å²) < 4.78 is 9.67. The van der Waals surface area contributed by atoms with Gasteiger partial charge in [0, 0.05) is 6.42 Å². The van der Waals surface area contributed by atoms with E-state index in [1.807, 2.05) is 0 Å². The van der Waals surface area contributed by atoms with Crippen molar-refractivity contribution in [2.75, 3.05) is 19.7 Å². The molecule has 0 saturated heterocycles. The lowest BCUT2D eigenvalue weighted by Gasteiger charge is -2.11. The van der Waals surface area contributed by atoms with Crippen LogP contribution in [-0.4, -0.2) is 26.2 Å². The first-order chi connectivity index (χ1) is 8.62. The molecule has 0 heterocycles. The Balaban J connectivity index is 2.91. The zero-order chi connectivity index (χ0) is 13.5. The standard InChI is InChI=1S/C12H15NO5/c1-4-11(14)18-13-9-7-8(12(15)17-3)5-6-10(9)16-2/h5-7,13H,4H2,1-3H3. The predicted octanol–water partition coefficient (Wildman–Crippen LogP) is 1.76. The van der Waals surface area contributed by atoms with Gasteiger partial charge in [-0.3, -0.25) is 0 Å². The van der Waals surface area contributed by atoms with Gasteiger partial charge in [0.2, 0.25) is 0 Å². The van der Waals surface area contributed by atoms with Crippen molar-refractivity contribution in [3.63, 3.8) is 0 Å². The summed E-state index contributed by atoms with van der Waals surface area (Å²) in [6, 6.07) is 4.61. The fraction of sp³-hybridized carbons (Fsp3) is 0.333. The summed E-state index contributed by atoms with van der Waals surface area (Å²) in [5, 5.41) is 0. The highest BCUT2D eigenvalue weighted by Gasteiger charge is 2.11. The highest BCUT2D eigenvalue weighted by atomic mass is 16.7. The van der Waals surface area contributed by atoms with Crippen molar-refractivity contribution in [3.8, 4) is 5.75 Å². The van der Waals surface area contributed by atoms with Crippen molar-refractivity contribution in [2.24, 2.45) is 0 Å². The minimum absolute atomic E-state index is 0.242. The molecule has 0 saturated carbocycles. The average molecular weight is 253 g/mol. The molecule has 0 spiro atoms. The molecular formula is C12H15NO5. The van der Waals surface area contributed by atoms with Crippen LogP contribution in [0.4, 0.5) is 5.69 Å². The van der Waals surface area contributed by atoms with Gasteiger partial charge in [-0.1, -0.05) is 6.92 Å². The molecule has 0 aliphatic heterocycles. The van der Waals surface area contributed by atoms with E-state index in [0.29, 0.717) is 17.0 Å². The topological polar surface area (TPSA) is 73.9 Å². The van der Waals surface area contributed by atoms with Crippen LogP contribution in [0, 0.1) is 0 Å². The molecule has 1 rings (SSSR count). The fourth-order valence-corrected chi connectivity index (χ4v) is 1.22.